The molecule has 20 heavy (non-hydrogen) atoms. The van der Waals surface area contributed by atoms with Crippen LogP contribution in [-0.4, -0.2) is 24.5 Å². The van der Waals surface area contributed by atoms with Crippen LogP contribution in [0.5, 0.6) is 5.75 Å². The molecule has 2 amide bonds. The van der Waals surface area contributed by atoms with Crippen molar-refractivity contribution in [3.05, 3.63) is 24.3 Å². The average Bonchev–Trinajstić information content (AvgIpc) is 2.90. The SMILES string of the molecule is CC(=O)Nc1ccc(OCC(=O)NC2CCCC2)cc1. The molecule has 0 atom stereocenters. The van der Waals surface area contributed by atoms with Gasteiger partial charge in [-0.15, -0.1) is 0 Å². The number of rotatable bonds is 5. The third-order valence-corrected chi connectivity index (χ3v) is 3.26. The maximum Gasteiger partial charge on any atom is 0.258 e. The molecule has 1 aromatic rings. The van der Waals surface area contributed by atoms with E-state index in [0.29, 0.717) is 17.5 Å². The molecule has 0 spiro atoms. The van der Waals surface area contributed by atoms with E-state index in [4.69, 9.17) is 4.74 Å². The van der Waals surface area contributed by atoms with Crippen molar-refractivity contribution in [2.24, 2.45) is 0 Å². The van der Waals surface area contributed by atoms with Gasteiger partial charge in [0.25, 0.3) is 5.91 Å². The molecule has 0 aromatic heterocycles. The minimum Gasteiger partial charge on any atom is -0.484 e. The maximum atomic E-state index is 11.7. The van der Waals surface area contributed by atoms with Crippen LogP contribution in [0.3, 0.4) is 0 Å². The van der Waals surface area contributed by atoms with Crippen LogP contribution in [0.25, 0.3) is 0 Å². The van der Waals surface area contributed by atoms with E-state index in [9.17, 15) is 9.59 Å². The smallest absolute Gasteiger partial charge is 0.258 e. The van der Waals surface area contributed by atoms with Crippen molar-refractivity contribution in [1.29, 1.82) is 0 Å². The summed E-state index contributed by atoms with van der Waals surface area (Å²) in [5, 5.41) is 5.64. The first-order valence-electron chi connectivity index (χ1n) is 6.93. The first-order valence-corrected chi connectivity index (χ1v) is 6.93. The van der Waals surface area contributed by atoms with Crippen LogP contribution in [0.15, 0.2) is 24.3 Å². The second kappa shape index (κ2) is 6.93. The summed E-state index contributed by atoms with van der Waals surface area (Å²) in [6, 6.07) is 7.26. The van der Waals surface area contributed by atoms with Gasteiger partial charge in [0.05, 0.1) is 0 Å². The minimum atomic E-state index is -0.116. The minimum absolute atomic E-state index is 0.0238. The number of carbonyl (C=O) groups is 2. The zero-order chi connectivity index (χ0) is 14.4. The predicted octanol–water partition coefficient (Wildman–Crippen LogP) is 2.08. The van der Waals surface area contributed by atoms with E-state index >= 15 is 0 Å². The zero-order valence-electron chi connectivity index (χ0n) is 11.6. The molecule has 1 aromatic carbocycles. The molecule has 0 radical (unpaired) electrons. The van der Waals surface area contributed by atoms with Gasteiger partial charge in [-0.25, -0.2) is 0 Å². The van der Waals surface area contributed by atoms with E-state index in [1.807, 2.05) is 0 Å². The molecule has 0 aliphatic heterocycles. The van der Waals surface area contributed by atoms with Gasteiger partial charge in [0.15, 0.2) is 6.61 Å². The lowest BCUT2D eigenvalue weighted by atomic mass is 10.2. The Kier molecular flexibility index (Phi) is 4.98. The number of nitrogens with one attached hydrogen (secondary N) is 2. The number of hydrogen-bond acceptors (Lipinski definition) is 3. The lowest BCUT2D eigenvalue weighted by Crippen LogP contribution is -2.36. The summed E-state index contributed by atoms with van der Waals surface area (Å²) in [4.78, 5) is 22.6. The van der Waals surface area contributed by atoms with Gasteiger partial charge in [0.2, 0.25) is 5.91 Å². The highest BCUT2D eigenvalue weighted by Crippen LogP contribution is 2.18. The molecule has 108 valence electrons. The average molecular weight is 276 g/mol. The summed E-state index contributed by atoms with van der Waals surface area (Å²) >= 11 is 0. The van der Waals surface area contributed by atoms with E-state index < -0.39 is 0 Å². The van der Waals surface area contributed by atoms with Crippen molar-refractivity contribution < 1.29 is 14.3 Å². The molecular weight excluding hydrogens is 256 g/mol. The normalized spacial score (nSPS) is 14.8. The molecule has 0 bridgehead atoms. The van der Waals surface area contributed by atoms with Crippen LogP contribution in [-0.2, 0) is 9.59 Å². The van der Waals surface area contributed by atoms with Gasteiger partial charge in [-0.3, -0.25) is 9.59 Å². The van der Waals surface area contributed by atoms with Gasteiger partial charge in [0, 0.05) is 18.7 Å². The second-order valence-electron chi connectivity index (χ2n) is 5.04. The lowest BCUT2D eigenvalue weighted by Gasteiger charge is -2.12. The predicted molar refractivity (Wildman–Crippen MR) is 76.6 cm³/mol. The quantitative estimate of drug-likeness (QED) is 0.865. The number of ether oxygens (including phenoxy) is 1. The highest BCUT2D eigenvalue weighted by Gasteiger charge is 2.17. The molecular formula is C15H20N2O3. The van der Waals surface area contributed by atoms with Gasteiger partial charge in [-0.2, -0.15) is 0 Å². The van der Waals surface area contributed by atoms with Gasteiger partial charge in [-0.1, -0.05) is 12.8 Å². The summed E-state index contributed by atoms with van der Waals surface area (Å²) in [7, 11) is 0. The van der Waals surface area contributed by atoms with Crippen LogP contribution < -0.4 is 15.4 Å². The molecule has 1 aliphatic rings. The fraction of sp³-hybridized carbons (Fsp3) is 0.467. The van der Waals surface area contributed by atoms with Crippen molar-refractivity contribution in [2.75, 3.05) is 11.9 Å². The number of hydrogen-bond donors (Lipinski definition) is 2. The summed E-state index contributed by atoms with van der Waals surface area (Å²) in [5.74, 6) is 0.415. The Morgan fingerprint density at radius 3 is 2.45 bits per heavy atom. The fourth-order valence-electron chi connectivity index (χ4n) is 2.33. The number of carbonyl (C=O) groups excluding carboxylic acids is 2. The lowest BCUT2D eigenvalue weighted by molar-refractivity contribution is -0.123. The third kappa shape index (κ3) is 4.57. The molecule has 1 fully saturated rings. The standard InChI is InChI=1S/C15H20N2O3/c1-11(18)16-13-6-8-14(9-7-13)20-10-15(19)17-12-4-2-3-5-12/h6-9,12H,2-5,10H2,1H3,(H,16,18)(H,17,19). The summed E-state index contributed by atoms with van der Waals surface area (Å²) in [6.45, 7) is 1.48. The van der Waals surface area contributed by atoms with Crippen molar-refractivity contribution in [1.82, 2.24) is 5.32 Å². The van der Waals surface area contributed by atoms with Crippen LogP contribution in [0.2, 0.25) is 0 Å². The first kappa shape index (κ1) is 14.4. The van der Waals surface area contributed by atoms with E-state index in [1.165, 1.54) is 19.8 Å². The number of benzene rings is 1. The van der Waals surface area contributed by atoms with Crippen LogP contribution in [0.4, 0.5) is 5.69 Å². The largest absolute Gasteiger partial charge is 0.484 e. The zero-order valence-corrected chi connectivity index (χ0v) is 11.6. The highest BCUT2D eigenvalue weighted by atomic mass is 16.5. The Balaban J connectivity index is 1.75. The number of amides is 2. The molecule has 0 heterocycles. The van der Waals surface area contributed by atoms with Gasteiger partial charge < -0.3 is 15.4 Å². The Bertz CT molecular complexity index is 465. The number of anilines is 1. The molecule has 2 rings (SSSR count). The molecule has 1 saturated carbocycles. The van der Waals surface area contributed by atoms with E-state index in [0.717, 1.165) is 12.8 Å². The highest BCUT2D eigenvalue weighted by molar-refractivity contribution is 5.88. The summed E-state index contributed by atoms with van der Waals surface area (Å²) < 4.78 is 5.41. The Morgan fingerprint density at radius 2 is 1.85 bits per heavy atom. The van der Waals surface area contributed by atoms with Crippen molar-refractivity contribution in [2.45, 2.75) is 38.6 Å². The topological polar surface area (TPSA) is 67.4 Å². The molecule has 2 N–H and O–H groups in total. The van der Waals surface area contributed by atoms with E-state index in [1.54, 1.807) is 24.3 Å². The van der Waals surface area contributed by atoms with Crippen LogP contribution >= 0.6 is 0 Å². The van der Waals surface area contributed by atoms with Crippen LogP contribution in [0, 0.1) is 0 Å². The maximum absolute atomic E-state index is 11.7. The van der Waals surface area contributed by atoms with Crippen molar-refractivity contribution in [3.8, 4) is 5.75 Å². The van der Waals surface area contributed by atoms with E-state index in [2.05, 4.69) is 10.6 Å². The summed E-state index contributed by atoms with van der Waals surface area (Å²) in [6.07, 6.45) is 4.52. The van der Waals surface area contributed by atoms with E-state index in [-0.39, 0.29) is 18.4 Å². The Hall–Kier alpha value is -2.04. The van der Waals surface area contributed by atoms with Gasteiger partial charge in [0.1, 0.15) is 5.75 Å². The first-order chi connectivity index (χ1) is 9.63. The molecule has 1 aliphatic carbocycles. The van der Waals surface area contributed by atoms with Crippen molar-refractivity contribution >= 4 is 17.5 Å². The fourth-order valence-corrected chi connectivity index (χ4v) is 2.33. The molecule has 5 nitrogen and oxygen atoms in total. The third-order valence-electron chi connectivity index (χ3n) is 3.26. The van der Waals surface area contributed by atoms with Crippen LogP contribution in [0.1, 0.15) is 32.6 Å². The molecule has 0 unspecified atom stereocenters. The summed E-state index contributed by atoms with van der Waals surface area (Å²) in [5.41, 5.74) is 0.709. The van der Waals surface area contributed by atoms with Crippen molar-refractivity contribution in [3.63, 3.8) is 0 Å². The monoisotopic (exact) mass is 276 g/mol. The molecule has 0 saturated heterocycles. The second-order valence-corrected chi connectivity index (χ2v) is 5.04. The van der Waals surface area contributed by atoms with Gasteiger partial charge >= 0.3 is 0 Å². The Labute approximate surface area is 118 Å². The van der Waals surface area contributed by atoms with Gasteiger partial charge in [-0.05, 0) is 37.1 Å². The molecule has 5 heteroatoms. The Morgan fingerprint density at radius 1 is 1.20 bits per heavy atom.